The number of unbranched alkanes of at least 4 members (excludes halogenated alkanes) is 1. The van der Waals surface area contributed by atoms with E-state index < -0.39 is 15.8 Å². The zero-order chi connectivity index (χ0) is 15.5. The summed E-state index contributed by atoms with van der Waals surface area (Å²) in [6, 6.07) is 3.00. The van der Waals surface area contributed by atoms with Gasteiger partial charge in [0.25, 0.3) is 0 Å². The van der Waals surface area contributed by atoms with Gasteiger partial charge in [0.2, 0.25) is 0 Å². The fourth-order valence-electron chi connectivity index (χ4n) is 2.31. The number of hydrogen-bond donors (Lipinski definition) is 1. The van der Waals surface area contributed by atoms with Gasteiger partial charge < -0.3 is 5.11 Å². The van der Waals surface area contributed by atoms with Crippen molar-refractivity contribution in [2.45, 2.75) is 50.8 Å². The molecule has 0 aromatic heterocycles. The van der Waals surface area contributed by atoms with E-state index in [4.69, 9.17) is 5.11 Å². The van der Waals surface area contributed by atoms with E-state index in [2.05, 4.69) is 6.92 Å². The third-order valence-corrected chi connectivity index (χ3v) is 4.66. The van der Waals surface area contributed by atoms with E-state index in [9.17, 15) is 13.2 Å². The van der Waals surface area contributed by atoms with Crippen molar-refractivity contribution in [1.29, 1.82) is 0 Å². The van der Waals surface area contributed by atoms with Gasteiger partial charge in [0.15, 0.2) is 9.84 Å². The van der Waals surface area contributed by atoms with Crippen molar-refractivity contribution in [1.82, 2.24) is 0 Å². The van der Waals surface area contributed by atoms with Crippen molar-refractivity contribution in [3.8, 4) is 0 Å². The minimum absolute atomic E-state index is 0.0527. The maximum absolute atomic E-state index is 11.9. The number of carbonyl (C=O) groups is 1. The SMILES string of the molecule is CCCCC(C)c1cc(C)c(C(=O)O)cc1S(C)(=O)=O. The second-order valence-electron chi connectivity index (χ2n) is 5.33. The average Bonchev–Trinajstić information content (AvgIpc) is 2.33. The van der Waals surface area contributed by atoms with Crippen LogP contribution in [0.25, 0.3) is 0 Å². The number of aryl methyl sites for hydroxylation is 1. The number of aromatic carboxylic acids is 1. The first-order valence-corrected chi connectivity index (χ1v) is 8.65. The molecular formula is C15H22O4S. The lowest BCUT2D eigenvalue weighted by molar-refractivity contribution is 0.0696. The molecule has 0 aliphatic carbocycles. The molecule has 0 fully saturated rings. The first-order chi connectivity index (χ1) is 9.18. The Balaban J connectivity index is 3.43. The summed E-state index contributed by atoms with van der Waals surface area (Å²) >= 11 is 0. The van der Waals surface area contributed by atoms with Crippen LogP contribution in [0.1, 0.15) is 60.5 Å². The van der Waals surface area contributed by atoms with Crippen molar-refractivity contribution < 1.29 is 18.3 Å². The summed E-state index contributed by atoms with van der Waals surface area (Å²) in [5, 5.41) is 9.13. The summed E-state index contributed by atoms with van der Waals surface area (Å²) in [5.41, 5.74) is 1.38. The molecule has 112 valence electrons. The number of hydrogen-bond acceptors (Lipinski definition) is 3. The second-order valence-corrected chi connectivity index (χ2v) is 7.31. The molecule has 0 saturated heterocycles. The Hall–Kier alpha value is -1.36. The van der Waals surface area contributed by atoms with Gasteiger partial charge in [-0.15, -0.1) is 0 Å². The van der Waals surface area contributed by atoms with Crippen molar-refractivity contribution >= 4 is 15.8 Å². The number of rotatable bonds is 6. The van der Waals surface area contributed by atoms with E-state index in [0.29, 0.717) is 5.56 Å². The summed E-state index contributed by atoms with van der Waals surface area (Å²) in [6.07, 6.45) is 4.08. The molecule has 4 nitrogen and oxygen atoms in total. The fourth-order valence-corrected chi connectivity index (χ4v) is 3.33. The molecule has 0 aliphatic rings. The third-order valence-electron chi connectivity index (χ3n) is 3.51. The number of carboxylic acid groups (broad SMARTS) is 1. The quantitative estimate of drug-likeness (QED) is 0.873. The Bertz CT molecular complexity index is 603. The van der Waals surface area contributed by atoms with Crippen LogP contribution < -0.4 is 0 Å². The van der Waals surface area contributed by atoms with E-state index in [1.165, 1.54) is 6.07 Å². The van der Waals surface area contributed by atoms with E-state index in [1.807, 2.05) is 6.92 Å². The van der Waals surface area contributed by atoms with Gasteiger partial charge >= 0.3 is 5.97 Å². The monoisotopic (exact) mass is 298 g/mol. The van der Waals surface area contributed by atoms with E-state index in [0.717, 1.165) is 31.1 Å². The lowest BCUT2D eigenvalue weighted by atomic mass is 9.92. The van der Waals surface area contributed by atoms with Crippen LogP contribution in [-0.4, -0.2) is 25.7 Å². The van der Waals surface area contributed by atoms with E-state index in [-0.39, 0.29) is 16.4 Å². The molecule has 0 heterocycles. The van der Waals surface area contributed by atoms with Crippen LogP contribution in [0, 0.1) is 6.92 Å². The summed E-state index contributed by atoms with van der Waals surface area (Å²) in [7, 11) is -3.44. The highest BCUT2D eigenvalue weighted by Crippen LogP contribution is 2.30. The predicted molar refractivity (Wildman–Crippen MR) is 79.2 cm³/mol. The molecule has 1 aromatic carbocycles. The summed E-state index contributed by atoms with van der Waals surface area (Å²) in [6.45, 7) is 5.77. The van der Waals surface area contributed by atoms with Crippen LogP contribution in [0.3, 0.4) is 0 Å². The Kier molecular flexibility index (Phi) is 5.34. The lowest BCUT2D eigenvalue weighted by Gasteiger charge is -2.17. The molecule has 0 saturated carbocycles. The van der Waals surface area contributed by atoms with Gasteiger partial charge in [-0.3, -0.25) is 0 Å². The van der Waals surface area contributed by atoms with Gasteiger partial charge in [-0.05, 0) is 36.5 Å². The first kappa shape index (κ1) is 16.7. The molecule has 1 atom stereocenters. The van der Waals surface area contributed by atoms with Crippen LogP contribution in [0.2, 0.25) is 0 Å². The minimum Gasteiger partial charge on any atom is -0.478 e. The minimum atomic E-state index is -3.44. The van der Waals surface area contributed by atoms with Crippen molar-refractivity contribution in [2.24, 2.45) is 0 Å². The normalized spacial score (nSPS) is 13.2. The largest absolute Gasteiger partial charge is 0.478 e. The topological polar surface area (TPSA) is 71.4 Å². The van der Waals surface area contributed by atoms with Crippen LogP contribution in [0.15, 0.2) is 17.0 Å². The summed E-state index contributed by atoms with van der Waals surface area (Å²) in [5.74, 6) is -0.999. The molecule has 0 spiro atoms. The smallest absolute Gasteiger partial charge is 0.335 e. The average molecular weight is 298 g/mol. The molecule has 1 unspecified atom stereocenters. The van der Waals surface area contributed by atoms with Crippen molar-refractivity contribution in [2.75, 3.05) is 6.26 Å². The Morgan fingerprint density at radius 1 is 1.35 bits per heavy atom. The number of benzene rings is 1. The highest BCUT2D eigenvalue weighted by atomic mass is 32.2. The van der Waals surface area contributed by atoms with Crippen molar-refractivity contribution in [3.63, 3.8) is 0 Å². The Labute approximate surface area is 120 Å². The maximum atomic E-state index is 11.9. The highest BCUT2D eigenvalue weighted by Gasteiger charge is 2.21. The standard InChI is InChI=1S/C15H22O4S/c1-5-6-7-10(2)12-8-11(3)13(15(16)17)9-14(12)20(4,18)19/h8-10H,5-7H2,1-4H3,(H,16,17). The summed E-state index contributed by atoms with van der Waals surface area (Å²) < 4.78 is 23.9. The maximum Gasteiger partial charge on any atom is 0.335 e. The molecule has 0 radical (unpaired) electrons. The van der Waals surface area contributed by atoms with Gasteiger partial charge in [0, 0.05) is 6.26 Å². The molecule has 20 heavy (non-hydrogen) atoms. The zero-order valence-corrected chi connectivity index (χ0v) is 13.3. The molecule has 0 bridgehead atoms. The van der Waals surface area contributed by atoms with Gasteiger partial charge in [-0.2, -0.15) is 0 Å². The number of carboxylic acids is 1. The lowest BCUT2D eigenvalue weighted by Crippen LogP contribution is -2.10. The second kappa shape index (κ2) is 6.39. The van der Waals surface area contributed by atoms with Crippen LogP contribution in [0.4, 0.5) is 0 Å². The third kappa shape index (κ3) is 3.82. The van der Waals surface area contributed by atoms with Gasteiger partial charge in [-0.1, -0.05) is 32.8 Å². The van der Waals surface area contributed by atoms with Crippen LogP contribution in [0.5, 0.6) is 0 Å². The molecule has 0 amide bonds. The molecule has 1 rings (SSSR count). The first-order valence-electron chi connectivity index (χ1n) is 6.76. The van der Waals surface area contributed by atoms with Crippen LogP contribution in [-0.2, 0) is 9.84 Å². The van der Waals surface area contributed by atoms with E-state index >= 15 is 0 Å². The molecule has 1 aromatic rings. The van der Waals surface area contributed by atoms with Crippen LogP contribution >= 0.6 is 0 Å². The molecule has 5 heteroatoms. The molecule has 1 N–H and O–H groups in total. The predicted octanol–water partition coefficient (Wildman–Crippen LogP) is 3.39. The fraction of sp³-hybridized carbons (Fsp3) is 0.533. The van der Waals surface area contributed by atoms with Crippen molar-refractivity contribution in [3.05, 3.63) is 28.8 Å². The zero-order valence-electron chi connectivity index (χ0n) is 12.4. The Morgan fingerprint density at radius 2 is 1.95 bits per heavy atom. The summed E-state index contributed by atoms with van der Waals surface area (Å²) in [4.78, 5) is 11.3. The Morgan fingerprint density at radius 3 is 2.40 bits per heavy atom. The van der Waals surface area contributed by atoms with Gasteiger partial charge in [-0.25, -0.2) is 13.2 Å². The molecular weight excluding hydrogens is 276 g/mol. The van der Waals surface area contributed by atoms with E-state index in [1.54, 1.807) is 13.0 Å². The van der Waals surface area contributed by atoms with Gasteiger partial charge in [0.05, 0.1) is 10.5 Å². The number of sulfone groups is 1. The van der Waals surface area contributed by atoms with Gasteiger partial charge in [0.1, 0.15) is 0 Å². The molecule has 0 aliphatic heterocycles. The highest BCUT2D eigenvalue weighted by molar-refractivity contribution is 7.90.